The highest BCUT2D eigenvalue weighted by Crippen LogP contribution is 2.58. The molecule has 0 aliphatic heterocycles. The minimum Gasteiger partial charge on any atom is -0.576 e. The van der Waals surface area contributed by atoms with Crippen LogP contribution in [0.1, 0.15) is 41.5 Å². The SMILES string of the molecule is CC(C)([O][Al-]([O]C(C)(C)C(F)(F)F)([O]C(C)(C)C(F)(F)F)[O]C(C(F)(F)F)(C(F)(F)F)C(F)(F)F)C(F)(F)F. The second kappa shape index (κ2) is 10.1. The molecule has 0 bridgehead atoms. The fourth-order valence-corrected chi connectivity index (χ4v) is 6.01. The molecule has 0 atom stereocenters. The molecule has 0 rings (SSSR count). The van der Waals surface area contributed by atoms with E-state index in [4.69, 9.17) is 0 Å². The van der Waals surface area contributed by atoms with Gasteiger partial charge in [0, 0.05) is 0 Å². The Morgan fingerprint density at radius 3 is 0.615 bits per heavy atom. The van der Waals surface area contributed by atoms with Crippen molar-refractivity contribution in [3.8, 4) is 0 Å². The molecule has 23 heteroatoms. The van der Waals surface area contributed by atoms with Crippen LogP contribution in [0.25, 0.3) is 0 Å². The average Bonchev–Trinajstić information content (AvgIpc) is 2.51. The summed E-state index contributed by atoms with van der Waals surface area (Å²) in [7, 11) is 0. The molecule has 0 aromatic rings. The predicted molar refractivity (Wildman–Crippen MR) is 91.4 cm³/mol. The molecule has 39 heavy (non-hydrogen) atoms. The lowest BCUT2D eigenvalue weighted by Gasteiger charge is -2.55. The van der Waals surface area contributed by atoms with Crippen LogP contribution in [0.15, 0.2) is 0 Å². The van der Waals surface area contributed by atoms with Gasteiger partial charge in [-0.2, -0.15) is 79.0 Å². The molecule has 0 heterocycles. The van der Waals surface area contributed by atoms with E-state index < -0.39 is 73.9 Å². The maximum Gasteiger partial charge on any atom is 0.878 e. The van der Waals surface area contributed by atoms with Gasteiger partial charge in [0.2, 0.25) is 0 Å². The Kier molecular flexibility index (Phi) is 9.90. The first-order valence-corrected chi connectivity index (χ1v) is 11.5. The molecule has 0 saturated heterocycles. The van der Waals surface area contributed by atoms with Crippen LogP contribution in [0.3, 0.4) is 0 Å². The van der Waals surface area contributed by atoms with Gasteiger partial charge in [0.25, 0.3) is 0 Å². The summed E-state index contributed by atoms with van der Waals surface area (Å²) in [5, 5.41) is 0. The Labute approximate surface area is 210 Å². The third-order valence-electron chi connectivity index (χ3n) is 4.88. The van der Waals surface area contributed by atoms with Gasteiger partial charge in [-0.05, 0) is 41.5 Å². The standard InChI is InChI=1S/C4F9O.3C4H6F3O.Al/c5-2(6,7)1(14,3(8,9)10)4(11,12)13;3*1-3(2,8)4(5,6)7;/h;3*1-2H3;/q4*-1;+3. The highest BCUT2D eigenvalue weighted by Gasteiger charge is 2.87. The van der Waals surface area contributed by atoms with Crippen molar-refractivity contribution in [2.75, 3.05) is 0 Å². The monoisotopic (exact) mass is 643 g/mol. The van der Waals surface area contributed by atoms with Gasteiger partial charge >= 0.3 is 57.1 Å². The number of alkyl halides is 18. The molecular formula is C16H18AlF18O4-. The molecule has 0 unspecified atom stereocenters. The molecule has 0 aromatic heterocycles. The van der Waals surface area contributed by atoms with E-state index in [0.717, 1.165) is 0 Å². The summed E-state index contributed by atoms with van der Waals surface area (Å²) in [6, 6.07) is 0. The van der Waals surface area contributed by atoms with Crippen LogP contribution >= 0.6 is 0 Å². The molecule has 0 N–H and O–H groups in total. The fourth-order valence-electron chi connectivity index (χ4n) is 2.33. The van der Waals surface area contributed by atoms with Gasteiger partial charge in [0.15, 0.2) is 0 Å². The summed E-state index contributed by atoms with van der Waals surface area (Å²) in [4.78, 5) is 0. The van der Waals surface area contributed by atoms with E-state index in [2.05, 4.69) is 15.2 Å². The van der Waals surface area contributed by atoms with E-state index in [1.165, 1.54) is 0 Å². The summed E-state index contributed by atoms with van der Waals surface area (Å²) >= 11 is -8.75. The predicted octanol–water partition coefficient (Wildman–Crippen LogP) is 7.94. The molecule has 0 aromatic carbocycles. The molecule has 0 aliphatic carbocycles. The van der Waals surface area contributed by atoms with Crippen LogP contribution < -0.4 is 0 Å². The maximum absolute atomic E-state index is 13.5. The van der Waals surface area contributed by atoms with Crippen LogP contribution in [-0.4, -0.2) is 73.9 Å². The maximum atomic E-state index is 13.5. The average molecular weight is 643 g/mol. The van der Waals surface area contributed by atoms with Crippen molar-refractivity contribution in [2.45, 2.75) is 101 Å². The molecular weight excluding hydrogens is 625 g/mol. The quantitative estimate of drug-likeness (QED) is 0.199. The second-order valence-corrected chi connectivity index (χ2v) is 11.3. The zero-order valence-electron chi connectivity index (χ0n) is 20.0. The lowest BCUT2D eigenvalue weighted by Crippen LogP contribution is -2.76. The van der Waals surface area contributed by atoms with Crippen molar-refractivity contribution in [1.82, 2.24) is 0 Å². The Hall–Kier alpha value is -0.888. The normalized spacial score (nSPS) is 16.6. The zero-order chi connectivity index (χ0) is 32.3. The first-order chi connectivity index (χ1) is 16.3. The number of hydrogen-bond donors (Lipinski definition) is 0. The molecule has 0 saturated carbocycles. The van der Waals surface area contributed by atoms with Gasteiger partial charge in [-0.1, -0.05) is 0 Å². The molecule has 236 valence electrons. The van der Waals surface area contributed by atoms with Gasteiger partial charge in [-0.15, -0.1) is 0 Å². The third kappa shape index (κ3) is 7.69. The Morgan fingerprint density at radius 1 is 0.308 bits per heavy atom. The van der Waals surface area contributed by atoms with Crippen molar-refractivity contribution >= 4 is 14.4 Å². The second-order valence-electron chi connectivity index (χ2n) is 9.25. The summed E-state index contributed by atoms with van der Waals surface area (Å²) in [6.07, 6.45) is -41.9. The minimum atomic E-state index is -8.75. The fraction of sp³-hybridized carbons (Fsp3) is 1.00. The van der Waals surface area contributed by atoms with Gasteiger partial charge < -0.3 is 15.2 Å². The summed E-state index contributed by atoms with van der Waals surface area (Å²) in [6.45, 7) is -2.28. The number of hydrogen-bond acceptors (Lipinski definition) is 4. The van der Waals surface area contributed by atoms with E-state index >= 15 is 0 Å². The van der Waals surface area contributed by atoms with E-state index in [1.807, 2.05) is 0 Å². The minimum absolute atomic E-state index is 0.380. The Morgan fingerprint density at radius 2 is 0.487 bits per heavy atom. The van der Waals surface area contributed by atoms with Gasteiger partial charge in [-0.25, -0.2) is 0 Å². The highest BCUT2D eigenvalue weighted by molar-refractivity contribution is 6.54. The van der Waals surface area contributed by atoms with E-state index in [0.29, 0.717) is 0 Å². The van der Waals surface area contributed by atoms with Crippen LogP contribution in [0.2, 0.25) is 0 Å². The van der Waals surface area contributed by atoms with Gasteiger partial charge in [-0.3, -0.25) is 0 Å². The molecule has 0 amide bonds. The van der Waals surface area contributed by atoms with Crippen LogP contribution in [0, 0.1) is 0 Å². The first kappa shape index (κ1) is 38.1. The van der Waals surface area contributed by atoms with E-state index in [1.54, 1.807) is 0 Å². The molecule has 0 spiro atoms. The highest BCUT2D eigenvalue weighted by atomic mass is 27.3. The van der Waals surface area contributed by atoms with Crippen LogP contribution in [-0.2, 0) is 15.2 Å². The molecule has 0 fully saturated rings. The summed E-state index contributed by atoms with van der Waals surface area (Å²) in [5.74, 6) is 0. The van der Waals surface area contributed by atoms with Crippen LogP contribution in [0.4, 0.5) is 79.0 Å². The van der Waals surface area contributed by atoms with Crippen LogP contribution in [0.5, 0.6) is 0 Å². The summed E-state index contributed by atoms with van der Waals surface area (Å²) in [5.41, 5.74) is -21.1. The van der Waals surface area contributed by atoms with Crippen molar-refractivity contribution in [2.24, 2.45) is 0 Å². The lowest BCUT2D eigenvalue weighted by molar-refractivity contribution is -0.454. The summed E-state index contributed by atoms with van der Waals surface area (Å²) < 4.78 is 257. The topological polar surface area (TPSA) is 36.9 Å². The van der Waals surface area contributed by atoms with Crippen molar-refractivity contribution in [1.29, 1.82) is 0 Å². The largest absolute Gasteiger partial charge is 0.878 e. The molecule has 0 aliphatic rings. The van der Waals surface area contributed by atoms with E-state index in [-0.39, 0.29) is 41.5 Å². The third-order valence-corrected chi connectivity index (χ3v) is 8.16. The van der Waals surface area contributed by atoms with Gasteiger partial charge in [0.05, 0.1) is 0 Å². The first-order valence-electron chi connectivity index (χ1n) is 9.66. The van der Waals surface area contributed by atoms with Crippen molar-refractivity contribution < 1.29 is 94.2 Å². The Balaban J connectivity index is 8.11. The van der Waals surface area contributed by atoms with E-state index in [9.17, 15) is 79.0 Å². The Bertz CT molecular complexity index is 739. The lowest BCUT2D eigenvalue weighted by atomic mass is 10.0. The van der Waals surface area contributed by atoms with Crippen molar-refractivity contribution in [3.05, 3.63) is 0 Å². The number of halogens is 18. The van der Waals surface area contributed by atoms with Crippen molar-refractivity contribution in [3.63, 3.8) is 0 Å². The smallest absolute Gasteiger partial charge is 0.576 e. The molecule has 4 nitrogen and oxygen atoms in total. The van der Waals surface area contributed by atoms with Gasteiger partial charge in [0.1, 0.15) is 16.8 Å². The number of rotatable bonds is 8. The molecule has 0 radical (unpaired) electrons. The zero-order valence-corrected chi connectivity index (χ0v) is 21.2.